The van der Waals surface area contributed by atoms with Crippen LogP contribution in [0.2, 0.25) is 0 Å². The first-order valence-corrected chi connectivity index (χ1v) is 15.5. The van der Waals surface area contributed by atoms with E-state index in [9.17, 15) is 26.7 Å². The third kappa shape index (κ3) is 5.94. The number of carbonyl (C=O) groups is 1. The number of carbonyl (C=O) groups excluding carboxylic acids is 1. The third-order valence-electron chi connectivity index (χ3n) is 6.71. The SMILES string of the molecule is CCN(CC)S(=O)(=O)c1ccc2c(c1)nc(CCC(=O)Nc1cc(S(=O)(=O)N3CCOCC3)ccc1O)n2C. The predicted molar refractivity (Wildman–Crippen MR) is 145 cm³/mol. The minimum absolute atomic E-state index is 0.00163. The lowest BCUT2D eigenvalue weighted by molar-refractivity contribution is -0.116. The standard InChI is InChI=1S/C25H33N5O7S2/c1-4-29(5-2)38(33,34)18-6-8-22-20(16-18)26-24(28(22)3)10-11-25(32)27-21-17-19(7-9-23(21)31)39(35,36)30-12-14-37-15-13-30/h6-9,16-17,31H,4-5,10-15H2,1-3H3,(H,27,32). The zero-order chi connectivity index (χ0) is 28.4. The molecular formula is C25H33N5O7S2. The van der Waals surface area contributed by atoms with Crippen LogP contribution < -0.4 is 5.32 Å². The number of aromatic hydroxyl groups is 1. The van der Waals surface area contributed by atoms with Crippen LogP contribution in [0.3, 0.4) is 0 Å². The number of aryl methyl sites for hydroxylation is 2. The maximum Gasteiger partial charge on any atom is 0.243 e. The number of aromatic nitrogens is 2. The number of nitrogens with one attached hydrogen (secondary N) is 1. The summed E-state index contributed by atoms with van der Waals surface area (Å²) in [6, 6.07) is 8.55. The molecule has 1 fully saturated rings. The summed E-state index contributed by atoms with van der Waals surface area (Å²) in [6.07, 6.45) is 0.239. The number of amides is 1. The Morgan fingerprint density at radius 3 is 2.38 bits per heavy atom. The number of rotatable bonds is 10. The van der Waals surface area contributed by atoms with Gasteiger partial charge in [0.25, 0.3) is 0 Å². The van der Waals surface area contributed by atoms with Gasteiger partial charge in [-0.05, 0) is 36.4 Å². The van der Waals surface area contributed by atoms with Crippen molar-refractivity contribution in [2.24, 2.45) is 7.05 Å². The molecule has 0 aliphatic carbocycles. The van der Waals surface area contributed by atoms with Crippen molar-refractivity contribution in [3.63, 3.8) is 0 Å². The number of anilines is 1. The van der Waals surface area contributed by atoms with Crippen LogP contribution in [0.1, 0.15) is 26.1 Å². The fourth-order valence-corrected chi connectivity index (χ4v) is 7.39. The van der Waals surface area contributed by atoms with Crippen LogP contribution in [0.4, 0.5) is 5.69 Å². The summed E-state index contributed by atoms with van der Waals surface area (Å²) in [5.74, 6) is -0.123. The zero-order valence-corrected chi connectivity index (χ0v) is 23.8. The lowest BCUT2D eigenvalue weighted by Gasteiger charge is -2.26. The molecular weight excluding hydrogens is 546 g/mol. The van der Waals surface area contributed by atoms with Gasteiger partial charge < -0.3 is 19.7 Å². The Labute approximate surface area is 228 Å². The predicted octanol–water partition coefficient (Wildman–Crippen LogP) is 1.90. The van der Waals surface area contributed by atoms with Crippen LogP contribution in [0.25, 0.3) is 11.0 Å². The molecule has 212 valence electrons. The van der Waals surface area contributed by atoms with Gasteiger partial charge in [-0.25, -0.2) is 21.8 Å². The van der Waals surface area contributed by atoms with Crippen molar-refractivity contribution < 1.29 is 31.5 Å². The second-order valence-electron chi connectivity index (χ2n) is 9.07. The van der Waals surface area contributed by atoms with Gasteiger partial charge in [0, 0.05) is 46.1 Å². The molecule has 1 saturated heterocycles. The smallest absolute Gasteiger partial charge is 0.243 e. The summed E-state index contributed by atoms with van der Waals surface area (Å²) in [4.78, 5) is 17.4. The molecule has 1 aromatic heterocycles. The minimum Gasteiger partial charge on any atom is -0.506 e. The van der Waals surface area contributed by atoms with Crippen LogP contribution in [-0.4, -0.2) is 85.4 Å². The van der Waals surface area contributed by atoms with E-state index in [1.54, 1.807) is 37.6 Å². The number of sulfonamides is 2. The van der Waals surface area contributed by atoms with Gasteiger partial charge in [-0.3, -0.25) is 4.79 Å². The molecule has 0 radical (unpaired) electrons. The number of phenolic OH excluding ortho intramolecular Hbond substituents is 1. The number of imidazole rings is 1. The molecule has 39 heavy (non-hydrogen) atoms. The Kier molecular flexibility index (Phi) is 8.61. The van der Waals surface area contributed by atoms with Crippen LogP contribution >= 0.6 is 0 Å². The highest BCUT2D eigenvalue weighted by atomic mass is 32.2. The monoisotopic (exact) mass is 579 g/mol. The average Bonchev–Trinajstić information content (AvgIpc) is 3.24. The molecule has 1 aliphatic rings. The van der Waals surface area contributed by atoms with E-state index >= 15 is 0 Å². The summed E-state index contributed by atoms with van der Waals surface area (Å²) in [6.45, 7) is 5.34. The van der Waals surface area contributed by atoms with Gasteiger partial charge in [0.1, 0.15) is 11.6 Å². The Morgan fingerprint density at radius 2 is 1.72 bits per heavy atom. The van der Waals surface area contributed by atoms with E-state index in [-0.39, 0.29) is 47.2 Å². The summed E-state index contributed by atoms with van der Waals surface area (Å²) in [7, 11) is -5.66. The topological polar surface area (TPSA) is 151 Å². The van der Waals surface area contributed by atoms with E-state index in [0.717, 1.165) is 5.52 Å². The molecule has 0 spiro atoms. The van der Waals surface area contributed by atoms with Gasteiger partial charge in [-0.15, -0.1) is 0 Å². The Balaban J connectivity index is 1.48. The maximum atomic E-state index is 13.0. The fraction of sp³-hybridized carbons (Fsp3) is 0.440. The summed E-state index contributed by atoms with van der Waals surface area (Å²) >= 11 is 0. The molecule has 14 heteroatoms. The second-order valence-corrected chi connectivity index (χ2v) is 12.9. The molecule has 1 aliphatic heterocycles. The van der Waals surface area contributed by atoms with Gasteiger partial charge in [0.15, 0.2) is 0 Å². The first-order valence-electron chi connectivity index (χ1n) is 12.6. The lowest BCUT2D eigenvalue weighted by Crippen LogP contribution is -2.40. The molecule has 3 aromatic rings. The van der Waals surface area contributed by atoms with Crippen LogP contribution in [-0.2, 0) is 43.0 Å². The number of hydrogen-bond acceptors (Lipinski definition) is 8. The molecule has 2 aromatic carbocycles. The highest BCUT2D eigenvalue weighted by molar-refractivity contribution is 7.89. The third-order valence-corrected chi connectivity index (χ3v) is 10.7. The van der Waals surface area contributed by atoms with E-state index in [2.05, 4.69) is 10.3 Å². The van der Waals surface area contributed by atoms with E-state index in [0.29, 0.717) is 37.6 Å². The van der Waals surface area contributed by atoms with Crippen LogP contribution in [0.5, 0.6) is 5.75 Å². The highest BCUT2D eigenvalue weighted by Gasteiger charge is 2.27. The zero-order valence-electron chi connectivity index (χ0n) is 22.1. The number of phenols is 1. The van der Waals surface area contributed by atoms with Gasteiger partial charge in [0.05, 0.1) is 39.7 Å². The maximum absolute atomic E-state index is 13.0. The van der Waals surface area contributed by atoms with Crippen LogP contribution in [0, 0.1) is 0 Å². The van der Waals surface area contributed by atoms with E-state index in [1.807, 2.05) is 0 Å². The molecule has 12 nitrogen and oxygen atoms in total. The van der Waals surface area contributed by atoms with Gasteiger partial charge in [0.2, 0.25) is 26.0 Å². The molecule has 0 atom stereocenters. The molecule has 1 amide bonds. The van der Waals surface area contributed by atoms with E-state index in [1.165, 1.54) is 32.9 Å². The van der Waals surface area contributed by atoms with Gasteiger partial charge in [-0.2, -0.15) is 8.61 Å². The van der Waals surface area contributed by atoms with E-state index in [4.69, 9.17) is 4.74 Å². The largest absolute Gasteiger partial charge is 0.506 e. The number of benzene rings is 2. The second kappa shape index (κ2) is 11.6. The van der Waals surface area contributed by atoms with Crippen molar-refractivity contribution in [1.29, 1.82) is 0 Å². The molecule has 0 saturated carbocycles. The number of fused-ring (bicyclic) bond motifs is 1. The Morgan fingerprint density at radius 1 is 1.05 bits per heavy atom. The van der Waals surface area contributed by atoms with E-state index < -0.39 is 26.0 Å². The summed E-state index contributed by atoms with van der Waals surface area (Å²) < 4.78 is 61.4. The fourth-order valence-electron chi connectivity index (χ4n) is 4.48. The number of ether oxygens (including phenoxy) is 1. The molecule has 4 rings (SSSR count). The molecule has 2 N–H and O–H groups in total. The van der Waals surface area contributed by atoms with Crippen molar-refractivity contribution >= 4 is 42.7 Å². The molecule has 0 unspecified atom stereocenters. The van der Waals surface area contributed by atoms with Gasteiger partial charge >= 0.3 is 0 Å². The van der Waals surface area contributed by atoms with Gasteiger partial charge in [-0.1, -0.05) is 13.8 Å². The average molecular weight is 580 g/mol. The minimum atomic E-state index is -3.80. The number of hydrogen-bond donors (Lipinski definition) is 2. The van der Waals surface area contributed by atoms with Crippen molar-refractivity contribution in [1.82, 2.24) is 18.2 Å². The van der Waals surface area contributed by atoms with Crippen molar-refractivity contribution in [2.45, 2.75) is 36.5 Å². The Hall–Kier alpha value is -3.04. The first-order chi connectivity index (χ1) is 18.5. The number of nitrogens with zero attached hydrogens (tertiary/aromatic N) is 4. The quantitative estimate of drug-likeness (QED) is 0.346. The Bertz CT molecular complexity index is 1580. The summed E-state index contributed by atoms with van der Waals surface area (Å²) in [5, 5.41) is 12.8. The first kappa shape index (κ1) is 29.0. The molecule has 2 heterocycles. The summed E-state index contributed by atoms with van der Waals surface area (Å²) in [5.41, 5.74) is 1.22. The van der Waals surface area contributed by atoms with Crippen molar-refractivity contribution in [3.05, 3.63) is 42.2 Å². The normalized spacial score (nSPS) is 15.2. The lowest BCUT2D eigenvalue weighted by atomic mass is 10.2. The highest BCUT2D eigenvalue weighted by Crippen LogP contribution is 2.29. The van der Waals surface area contributed by atoms with Crippen molar-refractivity contribution in [3.8, 4) is 5.75 Å². The van der Waals surface area contributed by atoms with Crippen LogP contribution in [0.15, 0.2) is 46.2 Å². The number of morpholine rings is 1. The van der Waals surface area contributed by atoms with Crippen molar-refractivity contribution in [2.75, 3.05) is 44.7 Å². The molecule has 0 bridgehead atoms.